The Morgan fingerprint density at radius 2 is 1.69 bits per heavy atom. The van der Waals surface area contributed by atoms with Crippen LogP contribution in [0, 0.1) is 4.91 Å². The molecular formula is C31H31Cl2N3O3. The number of fused-ring (bicyclic) bond motifs is 1. The molecule has 202 valence electrons. The fraction of sp³-hybridized carbons (Fsp3) is 0.355. The number of rotatable bonds is 8. The second kappa shape index (κ2) is 12.3. The van der Waals surface area contributed by atoms with E-state index in [2.05, 4.69) is 22.6 Å². The quantitative estimate of drug-likeness (QED) is 0.234. The summed E-state index contributed by atoms with van der Waals surface area (Å²) in [6.07, 6.45) is 4.62. The highest BCUT2D eigenvalue weighted by Crippen LogP contribution is 2.48. The number of carbonyl (C=O) groups is 2. The van der Waals surface area contributed by atoms with Gasteiger partial charge in [0.1, 0.15) is 6.04 Å². The maximum Gasteiger partial charge on any atom is 0.255 e. The lowest BCUT2D eigenvalue weighted by Crippen LogP contribution is -2.55. The lowest BCUT2D eigenvalue weighted by atomic mass is 9.76. The first-order valence-corrected chi connectivity index (χ1v) is 14.3. The molecule has 1 aliphatic heterocycles. The van der Waals surface area contributed by atoms with Crippen LogP contribution in [0.4, 0.5) is 0 Å². The zero-order chi connectivity index (χ0) is 27.4. The summed E-state index contributed by atoms with van der Waals surface area (Å²) in [5.41, 5.74) is 2.96. The Morgan fingerprint density at radius 3 is 2.46 bits per heavy atom. The van der Waals surface area contributed by atoms with Crippen molar-refractivity contribution in [2.45, 2.75) is 62.6 Å². The van der Waals surface area contributed by atoms with Crippen molar-refractivity contribution in [3.8, 4) is 0 Å². The number of hydrogen-bond donors (Lipinski definition) is 1. The lowest BCUT2D eigenvalue weighted by molar-refractivity contribution is -0.124. The predicted molar refractivity (Wildman–Crippen MR) is 154 cm³/mol. The van der Waals surface area contributed by atoms with Crippen molar-refractivity contribution in [3.63, 3.8) is 0 Å². The van der Waals surface area contributed by atoms with Gasteiger partial charge in [0.25, 0.3) is 5.91 Å². The third kappa shape index (κ3) is 5.73. The predicted octanol–water partition coefficient (Wildman–Crippen LogP) is 7.10. The minimum absolute atomic E-state index is 0.185. The van der Waals surface area contributed by atoms with Crippen molar-refractivity contribution in [2.75, 3.05) is 6.54 Å². The van der Waals surface area contributed by atoms with Crippen molar-refractivity contribution in [1.29, 1.82) is 0 Å². The van der Waals surface area contributed by atoms with Gasteiger partial charge < -0.3 is 10.2 Å². The molecule has 2 aliphatic rings. The summed E-state index contributed by atoms with van der Waals surface area (Å²) in [4.78, 5) is 41.8. The fourth-order valence-corrected chi connectivity index (χ4v) is 6.59. The Labute approximate surface area is 238 Å². The average Bonchev–Trinajstić information content (AvgIpc) is 2.96. The minimum Gasteiger partial charge on any atom is -0.355 e. The van der Waals surface area contributed by atoms with Crippen LogP contribution in [0.2, 0.25) is 10.0 Å². The van der Waals surface area contributed by atoms with Crippen LogP contribution in [0.5, 0.6) is 0 Å². The lowest BCUT2D eigenvalue weighted by Gasteiger charge is -2.48. The standard InChI is InChI=1S/C31H31Cl2N3O3/c32-21-16-17-24(25(33)19-21)29-28(30(37)34-18-8-11-20-9-2-1-3-10-20)22-12-4-5-13-23(22)31(38)36(29)27-15-7-6-14-26(27)35-39/h1-5,9-10,12-13,16-17,19,26-29H,6-8,11,14-15,18H2,(H,34,37)/t26-,27-,28+,29-/m0/s1. The van der Waals surface area contributed by atoms with Gasteiger partial charge in [-0.1, -0.05) is 95.8 Å². The van der Waals surface area contributed by atoms with E-state index in [1.54, 1.807) is 35.2 Å². The summed E-state index contributed by atoms with van der Waals surface area (Å²) >= 11 is 13.0. The highest BCUT2D eigenvalue weighted by Gasteiger charge is 2.49. The van der Waals surface area contributed by atoms with Crippen LogP contribution in [-0.4, -0.2) is 35.3 Å². The van der Waals surface area contributed by atoms with Gasteiger partial charge in [-0.3, -0.25) is 9.59 Å². The van der Waals surface area contributed by atoms with Crippen LogP contribution >= 0.6 is 23.2 Å². The van der Waals surface area contributed by atoms with Gasteiger partial charge in [0.2, 0.25) is 5.91 Å². The zero-order valence-electron chi connectivity index (χ0n) is 21.6. The third-order valence-electron chi connectivity index (χ3n) is 7.91. The fourth-order valence-electron chi connectivity index (χ4n) is 6.07. The third-order valence-corrected chi connectivity index (χ3v) is 8.47. The summed E-state index contributed by atoms with van der Waals surface area (Å²) in [5, 5.41) is 7.38. The van der Waals surface area contributed by atoms with E-state index < -0.39 is 24.0 Å². The van der Waals surface area contributed by atoms with Crippen molar-refractivity contribution in [1.82, 2.24) is 10.2 Å². The van der Waals surface area contributed by atoms with Gasteiger partial charge in [-0.15, -0.1) is 0 Å². The van der Waals surface area contributed by atoms with Crippen molar-refractivity contribution in [3.05, 3.63) is 110 Å². The largest absolute Gasteiger partial charge is 0.355 e. The molecule has 0 unspecified atom stereocenters. The monoisotopic (exact) mass is 563 g/mol. The van der Waals surface area contributed by atoms with Crippen LogP contribution < -0.4 is 5.32 Å². The molecule has 6 nitrogen and oxygen atoms in total. The number of benzene rings is 3. The van der Waals surface area contributed by atoms with Crippen LogP contribution in [-0.2, 0) is 11.2 Å². The molecule has 1 heterocycles. The molecule has 3 aromatic carbocycles. The van der Waals surface area contributed by atoms with Gasteiger partial charge in [-0.05, 0) is 60.6 Å². The van der Waals surface area contributed by atoms with E-state index in [9.17, 15) is 14.5 Å². The molecule has 5 rings (SSSR count). The van der Waals surface area contributed by atoms with Gasteiger partial charge in [0.05, 0.1) is 18.0 Å². The number of nitrogens with zero attached hydrogens (tertiary/aromatic N) is 2. The van der Waals surface area contributed by atoms with Crippen LogP contribution in [0.15, 0.2) is 78.0 Å². The van der Waals surface area contributed by atoms with Crippen LogP contribution in [0.3, 0.4) is 0 Å². The van der Waals surface area contributed by atoms with E-state index in [4.69, 9.17) is 23.2 Å². The van der Waals surface area contributed by atoms with E-state index >= 15 is 0 Å². The number of halogens is 2. The molecule has 3 aromatic rings. The molecule has 1 N–H and O–H groups in total. The van der Waals surface area contributed by atoms with E-state index in [0.717, 1.165) is 25.7 Å². The van der Waals surface area contributed by atoms with E-state index in [0.29, 0.717) is 46.1 Å². The smallest absolute Gasteiger partial charge is 0.255 e. The Morgan fingerprint density at radius 1 is 0.949 bits per heavy atom. The van der Waals surface area contributed by atoms with Gasteiger partial charge in [0.15, 0.2) is 0 Å². The van der Waals surface area contributed by atoms with Crippen molar-refractivity contribution >= 4 is 35.0 Å². The summed E-state index contributed by atoms with van der Waals surface area (Å²) in [7, 11) is 0. The molecular weight excluding hydrogens is 533 g/mol. The number of nitrogens with one attached hydrogen (secondary N) is 1. The van der Waals surface area contributed by atoms with Crippen molar-refractivity contribution in [2.24, 2.45) is 5.18 Å². The van der Waals surface area contributed by atoms with E-state index in [1.807, 2.05) is 30.3 Å². The van der Waals surface area contributed by atoms with Gasteiger partial charge in [-0.25, -0.2) is 0 Å². The van der Waals surface area contributed by atoms with Crippen LogP contribution in [0.1, 0.15) is 71.1 Å². The first kappa shape index (κ1) is 27.4. The molecule has 2 amide bonds. The Balaban J connectivity index is 1.53. The molecule has 39 heavy (non-hydrogen) atoms. The molecule has 1 fully saturated rings. The first-order chi connectivity index (χ1) is 19.0. The Hall–Kier alpha value is -3.22. The minimum atomic E-state index is -0.719. The number of carbonyl (C=O) groups excluding carboxylic acids is 2. The topological polar surface area (TPSA) is 78.8 Å². The number of amides is 2. The van der Waals surface area contributed by atoms with Gasteiger partial charge in [0, 0.05) is 22.2 Å². The summed E-state index contributed by atoms with van der Waals surface area (Å²) in [5.74, 6) is -1.12. The number of nitroso groups, excluding NO2 is 1. The molecule has 0 aromatic heterocycles. The van der Waals surface area contributed by atoms with E-state index in [1.165, 1.54) is 5.56 Å². The molecule has 0 bridgehead atoms. The normalized spacial score (nSPS) is 22.7. The van der Waals surface area contributed by atoms with Gasteiger partial charge >= 0.3 is 0 Å². The molecule has 8 heteroatoms. The highest BCUT2D eigenvalue weighted by atomic mass is 35.5. The summed E-state index contributed by atoms with van der Waals surface area (Å²) < 4.78 is 0. The molecule has 0 saturated heterocycles. The highest BCUT2D eigenvalue weighted by molar-refractivity contribution is 6.35. The zero-order valence-corrected chi connectivity index (χ0v) is 23.1. The maximum atomic E-state index is 14.1. The van der Waals surface area contributed by atoms with Crippen molar-refractivity contribution < 1.29 is 9.59 Å². The van der Waals surface area contributed by atoms with Crippen LogP contribution in [0.25, 0.3) is 0 Å². The van der Waals surface area contributed by atoms with Gasteiger partial charge in [-0.2, -0.15) is 4.91 Å². The number of aryl methyl sites for hydroxylation is 1. The molecule has 0 spiro atoms. The number of hydrogen-bond acceptors (Lipinski definition) is 4. The molecule has 0 radical (unpaired) electrons. The van der Waals surface area contributed by atoms with E-state index in [-0.39, 0.29) is 11.8 Å². The summed E-state index contributed by atoms with van der Waals surface area (Å²) in [6, 6.07) is 20.8. The summed E-state index contributed by atoms with van der Waals surface area (Å²) in [6.45, 7) is 0.489. The molecule has 4 atom stereocenters. The SMILES string of the molecule is O=N[C@H]1CCCC[C@@H]1N1C(=O)c2ccccc2[C@@H](C(=O)NCCCc2ccccc2)[C@@H]1c1ccc(Cl)cc1Cl. The average molecular weight is 565 g/mol. The Bertz CT molecular complexity index is 1350. The first-order valence-electron chi connectivity index (χ1n) is 13.5. The second-order valence-corrected chi connectivity index (χ2v) is 11.1. The second-order valence-electron chi connectivity index (χ2n) is 10.3. The molecule has 1 aliphatic carbocycles. The maximum absolute atomic E-state index is 14.1. The molecule has 1 saturated carbocycles. The Kier molecular flexibility index (Phi) is 8.63.